The third-order valence-corrected chi connectivity index (χ3v) is 4.44. The van der Waals surface area contributed by atoms with Crippen LogP contribution in [0.25, 0.3) is 0 Å². The van der Waals surface area contributed by atoms with E-state index in [1.165, 1.54) is 57.8 Å². The van der Waals surface area contributed by atoms with Crippen LogP contribution in [-0.2, 0) is 16.3 Å². The summed E-state index contributed by atoms with van der Waals surface area (Å²) < 4.78 is 4.77. The molecular formula is C18H35O3PS. The van der Waals surface area contributed by atoms with Crippen molar-refractivity contribution < 1.29 is 14.3 Å². The molecule has 0 saturated heterocycles. The molecule has 0 spiro atoms. The van der Waals surface area contributed by atoms with Gasteiger partial charge in [-0.25, -0.2) is 0 Å². The van der Waals surface area contributed by atoms with E-state index in [1.54, 1.807) is 0 Å². The Bertz CT molecular complexity index is 350. The Balaban J connectivity index is 3.20. The molecule has 2 N–H and O–H groups in total. The summed E-state index contributed by atoms with van der Waals surface area (Å²) in [5.74, 6) is 0. The van der Waals surface area contributed by atoms with Gasteiger partial charge in [0.25, 0.3) is 0 Å². The second kappa shape index (κ2) is 16.9. The van der Waals surface area contributed by atoms with Crippen LogP contribution in [-0.4, -0.2) is 16.4 Å². The van der Waals surface area contributed by atoms with E-state index in [0.717, 1.165) is 19.3 Å². The van der Waals surface area contributed by atoms with Gasteiger partial charge in [0.05, 0.1) is 6.61 Å². The van der Waals surface area contributed by atoms with Crippen LogP contribution in [0.1, 0.15) is 84.0 Å². The Morgan fingerprint density at radius 3 is 1.87 bits per heavy atom. The van der Waals surface area contributed by atoms with Gasteiger partial charge in [0, 0.05) is 0 Å². The third kappa shape index (κ3) is 22.0. The lowest BCUT2D eigenvalue weighted by molar-refractivity contribution is 0.245. The molecule has 23 heavy (non-hydrogen) atoms. The Morgan fingerprint density at radius 2 is 1.30 bits per heavy atom. The highest BCUT2D eigenvalue weighted by atomic mass is 32.5. The minimum Gasteiger partial charge on any atom is -0.325 e. The first-order valence-electron chi connectivity index (χ1n) is 9.06. The Morgan fingerprint density at radius 1 is 0.783 bits per heavy atom. The first-order chi connectivity index (χ1) is 11.1. The molecule has 0 aliphatic rings. The maximum Gasteiger partial charge on any atom is 0.321 e. The average molecular weight is 363 g/mol. The summed E-state index contributed by atoms with van der Waals surface area (Å²) in [6.45, 7) is -0.837. The van der Waals surface area contributed by atoms with Crippen molar-refractivity contribution in [1.82, 2.24) is 0 Å². The van der Waals surface area contributed by atoms with E-state index < -0.39 is 6.72 Å². The molecule has 0 rings (SSSR count). The van der Waals surface area contributed by atoms with E-state index in [9.17, 15) is 0 Å². The fourth-order valence-electron chi connectivity index (χ4n) is 2.27. The number of hydrogen-bond acceptors (Lipinski definition) is 2. The van der Waals surface area contributed by atoms with Crippen molar-refractivity contribution >= 4 is 18.5 Å². The molecule has 0 saturated carbocycles. The topological polar surface area (TPSA) is 49.7 Å². The number of hydrogen-bond donors (Lipinski definition) is 2. The predicted octanol–water partition coefficient (Wildman–Crippen LogP) is 6.03. The smallest absolute Gasteiger partial charge is 0.321 e. The summed E-state index contributed by atoms with van der Waals surface area (Å²) in [6.07, 6.45) is 23.4. The predicted molar refractivity (Wildman–Crippen MR) is 104 cm³/mol. The van der Waals surface area contributed by atoms with Gasteiger partial charge in [-0.2, -0.15) is 0 Å². The van der Waals surface area contributed by atoms with Gasteiger partial charge >= 0.3 is 6.72 Å². The van der Waals surface area contributed by atoms with Crippen molar-refractivity contribution in [2.45, 2.75) is 84.0 Å². The van der Waals surface area contributed by atoms with Crippen molar-refractivity contribution in [2.75, 3.05) is 6.61 Å². The minimum atomic E-state index is -3.43. The van der Waals surface area contributed by atoms with E-state index in [2.05, 4.69) is 43.0 Å². The first kappa shape index (κ1) is 23.0. The van der Waals surface area contributed by atoms with Crippen LogP contribution >= 0.6 is 6.72 Å². The summed E-state index contributed by atoms with van der Waals surface area (Å²) in [6, 6.07) is 0. The maximum absolute atomic E-state index is 8.89. The van der Waals surface area contributed by atoms with Crippen molar-refractivity contribution in [2.24, 2.45) is 0 Å². The van der Waals surface area contributed by atoms with Crippen LogP contribution in [0.5, 0.6) is 0 Å². The maximum atomic E-state index is 8.89. The van der Waals surface area contributed by atoms with Crippen molar-refractivity contribution in [1.29, 1.82) is 0 Å². The summed E-state index contributed by atoms with van der Waals surface area (Å²) >= 11 is 4.38. The van der Waals surface area contributed by atoms with Crippen LogP contribution < -0.4 is 0 Å². The van der Waals surface area contributed by atoms with Gasteiger partial charge < -0.3 is 14.3 Å². The lowest BCUT2D eigenvalue weighted by atomic mass is 10.1. The summed E-state index contributed by atoms with van der Waals surface area (Å²) in [4.78, 5) is 17.8. The molecule has 3 nitrogen and oxygen atoms in total. The monoisotopic (exact) mass is 362 g/mol. The summed E-state index contributed by atoms with van der Waals surface area (Å²) in [5, 5.41) is 0. The zero-order chi connectivity index (χ0) is 17.2. The minimum absolute atomic E-state index is 0.360. The van der Waals surface area contributed by atoms with Crippen molar-refractivity contribution in [3.8, 4) is 0 Å². The lowest BCUT2D eigenvalue weighted by Gasteiger charge is -2.07. The molecule has 0 radical (unpaired) electrons. The van der Waals surface area contributed by atoms with Gasteiger partial charge in [0.1, 0.15) is 0 Å². The Kier molecular flexibility index (Phi) is 16.9. The quantitative estimate of drug-likeness (QED) is 0.200. The van der Waals surface area contributed by atoms with Gasteiger partial charge in [-0.05, 0) is 50.3 Å². The van der Waals surface area contributed by atoms with E-state index in [0.29, 0.717) is 6.61 Å². The van der Waals surface area contributed by atoms with Crippen LogP contribution in [0.2, 0.25) is 0 Å². The molecule has 5 heteroatoms. The zero-order valence-corrected chi connectivity index (χ0v) is 16.4. The largest absolute Gasteiger partial charge is 0.325 e. The molecular weight excluding hydrogens is 327 g/mol. The molecule has 0 fully saturated rings. The zero-order valence-electron chi connectivity index (χ0n) is 14.7. The number of unbranched alkanes of at least 4 members (excludes halogenated alkanes) is 9. The van der Waals surface area contributed by atoms with Crippen molar-refractivity contribution in [3.05, 3.63) is 24.3 Å². The Hall–Kier alpha value is 0.01000. The molecule has 136 valence electrons. The molecule has 0 aliphatic carbocycles. The molecule has 0 atom stereocenters. The molecule has 0 bridgehead atoms. The average Bonchev–Trinajstić information content (AvgIpc) is 2.49. The second-order valence-electron chi connectivity index (χ2n) is 5.91. The highest BCUT2D eigenvalue weighted by molar-refractivity contribution is 8.06. The van der Waals surface area contributed by atoms with Gasteiger partial charge in [0.15, 0.2) is 0 Å². The normalized spacial score (nSPS) is 12.7. The van der Waals surface area contributed by atoms with Gasteiger partial charge in [-0.3, -0.25) is 0 Å². The molecule has 0 aromatic heterocycles. The lowest BCUT2D eigenvalue weighted by Crippen LogP contribution is -1.91. The summed E-state index contributed by atoms with van der Waals surface area (Å²) in [7, 11) is 0. The van der Waals surface area contributed by atoms with E-state index >= 15 is 0 Å². The van der Waals surface area contributed by atoms with E-state index in [4.69, 9.17) is 14.3 Å². The van der Waals surface area contributed by atoms with Crippen LogP contribution in [0, 0.1) is 0 Å². The fourth-order valence-corrected chi connectivity index (χ4v) is 2.86. The fraction of sp³-hybridized carbons (Fsp3) is 0.778. The molecule has 0 aromatic rings. The van der Waals surface area contributed by atoms with E-state index in [-0.39, 0.29) is 0 Å². The molecule has 0 heterocycles. The highest BCUT2D eigenvalue weighted by Crippen LogP contribution is 2.36. The van der Waals surface area contributed by atoms with Crippen LogP contribution in [0.4, 0.5) is 0 Å². The van der Waals surface area contributed by atoms with Crippen molar-refractivity contribution in [3.63, 3.8) is 0 Å². The van der Waals surface area contributed by atoms with Gasteiger partial charge in [-0.15, -0.1) is 0 Å². The highest BCUT2D eigenvalue weighted by Gasteiger charge is 2.05. The third-order valence-electron chi connectivity index (χ3n) is 3.60. The first-order valence-corrected chi connectivity index (χ1v) is 11.7. The van der Waals surface area contributed by atoms with E-state index in [1.807, 2.05) is 0 Å². The molecule has 0 aliphatic heterocycles. The molecule has 0 aromatic carbocycles. The molecule has 0 unspecified atom stereocenters. The molecule has 0 amide bonds. The second-order valence-corrected chi connectivity index (χ2v) is 8.57. The number of rotatable bonds is 16. The number of allylic oxidation sites excluding steroid dienone is 4. The SMILES string of the molecule is CCCCCC=CCC=CCCCCCCCCOP(O)(O)=S. The summed E-state index contributed by atoms with van der Waals surface area (Å²) in [5.41, 5.74) is 0. The van der Waals surface area contributed by atoms with Crippen LogP contribution in [0.15, 0.2) is 24.3 Å². The Labute approximate surface area is 148 Å². The van der Waals surface area contributed by atoms with Gasteiger partial charge in [0.2, 0.25) is 0 Å². The van der Waals surface area contributed by atoms with Gasteiger partial charge in [-0.1, -0.05) is 69.8 Å². The standard InChI is InChI=1S/C18H35O3PS/c1-2-3-4-5-6-7-8-9-10-11-12-13-14-15-16-17-18-21-22(19,20)23/h6-7,9-10H,2-5,8,11-18H2,1H3,(H2,19,20,23). The van der Waals surface area contributed by atoms with Crippen LogP contribution in [0.3, 0.4) is 0 Å².